The number of fused-ring (bicyclic) bond motifs is 4. The summed E-state index contributed by atoms with van der Waals surface area (Å²) in [6.45, 7) is 10.1. The van der Waals surface area contributed by atoms with Crippen molar-refractivity contribution in [2.24, 2.45) is 46.3 Å². The molecule has 1 aliphatic heterocycles. The van der Waals surface area contributed by atoms with E-state index in [1.165, 1.54) is 13.8 Å². The lowest BCUT2D eigenvalue weighted by atomic mass is 9.42. The number of rotatable bonds is 5. The van der Waals surface area contributed by atoms with Crippen LogP contribution in [-0.4, -0.2) is 48.6 Å². The van der Waals surface area contributed by atoms with Crippen molar-refractivity contribution in [3.8, 4) is 5.75 Å². The van der Waals surface area contributed by atoms with Crippen LogP contribution in [0, 0.1) is 46.3 Å². The van der Waals surface area contributed by atoms with Crippen LogP contribution in [0.2, 0.25) is 0 Å². The fourth-order valence-corrected chi connectivity index (χ4v) is 12.4. The van der Waals surface area contributed by atoms with E-state index in [1.54, 1.807) is 7.11 Å². The van der Waals surface area contributed by atoms with Gasteiger partial charge in [-0.05, 0) is 104 Å². The monoisotopic (exact) mass is 612 g/mol. The van der Waals surface area contributed by atoms with Gasteiger partial charge in [-0.1, -0.05) is 20.8 Å². The van der Waals surface area contributed by atoms with Crippen LogP contribution in [0.25, 0.3) is 0 Å². The molecular formula is C35H48O7S. The number of carbonyl (C=O) groups is 3. The van der Waals surface area contributed by atoms with Crippen LogP contribution < -0.4 is 4.74 Å². The van der Waals surface area contributed by atoms with E-state index in [4.69, 9.17) is 18.9 Å². The number of hydrogen-bond donors (Lipinski definition) is 0. The molecule has 8 heteroatoms. The van der Waals surface area contributed by atoms with Crippen molar-refractivity contribution in [2.45, 2.75) is 114 Å². The number of methoxy groups -OCH3 is 1. The zero-order valence-electron chi connectivity index (χ0n) is 26.5. The van der Waals surface area contributed by atoms with E-state index in [1.807, 2.05) is 23.9 Å². The lowest BCUT2D eigenvalue weighted by Gasteiger charge is -2.66. The molecule has 1 heterocycles. The van der Waals surface area contributed by atoms with E-state index >= 15 is 0 Å². The van der Waals surface area contributed by atoms with Crippen LogP contribution in [-0.2, 0) is 28.6 Å². The fourth-order valence-electron chi connectivity index (χ4n) is 10.7. The van der Waals surface area contributed by atoms with E-state index in [0.29, 0.717) is 24.2 Å². The first-order valence-corrected chi connectivity index (χ1v) is 17.2. The predicted molar refractivity (Wildman–Crippen MR) is 163 cm³/mol. The Morgan fingerprint density at radius 2 is 1.65 bits per heavy atom. The second-order valence-electron chi connectivity index (χ2n) is 14.5. The van der Waals surface area contributed by atoms with Crippen molar-refractivity contribution in [1.29, 1.82) is 0 Å². The molecule has 43 heavy (non-hydrogen) atoms. The molecule has 5 aliphatic rings. The maximum atomic E-state index is 13.4. The molecule has 4 saturated carbocycles. The summed E-state index contributed by atoms with van der Waals surface area (Å²) < 4.78 is 24.2. The predicted octanol–water partition coefficient (Wildman–Crippen LogP) is 6.85. The SMILES string of the molecule is COc1ccc(S[C@@H]2[C@H]3[C@@H]([C@H](OC(C)=O)C[C@@H]4C[C@H](OC(C)=O)CC[C@@]43C)[C@@H]3CC[C@@H]4[C@H](C)CCC(=O)O[C@@H]2[C@]43C)cc1. The maximum absolute atomic E-state index is 13.4. The molecule has 5 fully saturated rings. The van der Waals surface area contributed by atoms with Gasteiger partial charge in [0.15, 0.2) is 0 Å². The van der Waals surface area contributed by atoms with Crippen LogP contribution in [0.5, 0.6) is 5.75 Å². The van der Waals surface area contributed by atoms with Gasteiger partial charge in [0, 0.05) is 36.5 Å². The van der Waals surface area contributed by atoms with Crippen molar-refractivity contribution in [3.63, 3.8) is 0 Å². The minimum Gasteiger partial charge on any atom is -0.497 e. The van der Waals surface area contributed by atoms with Crippen LogP contribution in [0.4, 0.5) is 0 Å². The summed E-state index contributed by atoms with van der Waals surface area (Å²) in [7, 11) is 1.68. The normalized spacial score (nSPS) is 43.5. The number of esters is 3. The molecule has 6 rings (SSSR count). The summed E-state index contributed by atoms with van der Waals surface area (Å²) in [6.07, 6.45) is 6.21. The molecule has 12 atom stereocenters. The molecule has 236 valence electrons. The van der Waals surface area contributed by atoms with Crippen molar-refractivity contribution in [1.82, 2.24) is 0 Å². The Labute approximate surface area is 260 Å². The van der Waals surface area contributed by atoms with E-state index in [9.17, 15) is 14.4 Å². The second kappa shape index (κ2) is 11.6. The Bertz CT molecular complexity index is 1230. The van der Waals surface area contributed by atoms with Crippen LogP contribution in [0.1, 0.15) is 86.0 Å². The highest BCUT2D eigenvalue weighted by Gasteiger charge is 2.71. The van der Waals surface area contributed by atoms with Gasteiger partial charge in [-0.15, -0.1) is 11.8 Å². The van der Waals surface area contributed by atoms with Gasteiger partial charge < -0.3 is 18.9 Å². The lowest BCUT2D eigenvalue weighted by Crippen LogP contribution is -2.68. The quantitative estimate of drug-likeness (QED) is 0.264. The first kappa shape index (κ1) is 30.8. The molecule has 4 aliphatic carbocycles. The molecular weight excluding hydrogens is 564 g/mol. The summed E-state index contributed by atoms with van der Waals surface area (Å²) in [5.41, 5.74) is -0.292. The largest absolute Gasteiger partial charge is 0.497 e. The standard InChI is InChI=1S/C35H48O7S/c1-19-7-14-29(38)42-33-32(43-25-10-8-23(39-6)9-11-25)31-30(27-13-12-26(19)35(27,33)5)28(41-21(3)37)18-22-17-24(40-20(2)36)15-16-34(22,31)4/h8-11,19,22,24,26-28,30-33H,7,12-18H2,1-6H3/t19-,22+,24-,26-,27+,28-,30-,31-,32-,33+,34+,35-/m1/s1. The molecule has 1 saturated heterocycles. The number of thioether (sulfide) groups is 1. The molecule has 0 N–H and O–H groups in total. The first-order valence-electron chi connectivity index (χ1n) is 16.3. The number of carbonyl (C=O) groups excluding carboxylic acids is 3. The zero-order valence-corrected chi connectivity index (χ0v) is 27.3. The highest BCUT2D eigenvalue weighted by molar-refractivity contribution is 8.00. The number of hydrogen-bond acceptors (Lipinski definition) is 8. The van der Waals surface area contributed by atoms with Gasteiger partial charge in [0.25, 0.3) is 0 Å². The van der Waals surface area contributed by atoms with Crippen molar-refractivity contribution >= 4 is 29.7 Å². The summed E-state index contributed by atoms with van der Waals surface area (Å²) in [5, 5.41) is -0.00868. The van der Waals surface area contributed by atoms with Gasteiger partial charge in [-0.3, -0.25) is 14.4 Å². The molecule has 0 radical (unpaired) electrons. The third-order valence-electron chi connectivity index (χ3n) is 12.5. The number of benzene rings is 1. The summed E-state index contributed by atoms with van der Waals surface area (Å²) in [5.74, 6) is 1.95. The molecule has 0 unspecified atom stereocenters. The van der Waals surface area contributed by atoms with E-state index in [0.717, 1.165) is 55.6 Å². The minimum atomic E-state index is -0.243. The maximum Gasteiger partial charge on any atom is 0.306 e. The Morgan fingerprint density at radius 3 is 2.33 bits per heavy atom. The molecule has 0 bridgehead atoms. The average molecular weight is 613 g/mol. The highest BCUT2D eigenvalue weighted by atomic mass is 32.2. The van der Waals surface area contributed by atoms with Crippen molar-refractivity contribution in [3.05, 3.63) is 24.3 Å². The summed E-state index contributed by atoms with van der Waals surface area (Å²) >= 11 is 1.83. The summed E-state index contributed by atoms with van der Waals surface area (Å²) in [6, 6.07) is 8.21. The number of ether oxygens (including phenoxy) is 4. The Balaban J connectivity index is 1.49. The smallest absolute Gasteiger partial charge is 0.306 e. The van der Waals surface area contributed by atoms with Crippen LogP contribution in [0.3, 0.4) is 0 Å². The Kier molecular flexibility index (Phi) is 8.31. The topological polar surface area (TPSA) is 88.1 Å². The van der Waals surface area contributed by atoms with Gasteiger partial charge in [-0.25, -0.2) is 0 Å². The fraction of sp³-hybridized carbons (Fsp3) is 0.743. The van der Waals surface area contributed by atoms with Gasteiger partial charge in [0.2, 0.25) is 0 Å². The van der Waals surface area contributed by atoms with Gasteiger partial charge >= 0.3 is 17.9 Å². The molecule has 7 nitrogen and oxygen atoms in total. The molecule has 1 aromatic rings. The van der Waals surface area contributed by atoms with Crippen molar-refractivity contribution < 1.29 is 33.3 Å². The highest BCUT2D eigenvalue weighted by Crippen LogP contribution is 2.71. The van der Waals surface area contributed by atoms with Crippen LogP contribution in [0.15, 0.2) is 29.2 Å². The van der Waals surface area contributed by atoms with Gasteiger partial charge in [0.1, 0.15) is 24.1 Å². The van der Waals surface area contributed by atoms with E-state index in [-0.39, 0.29) is 70.1 Å². The van der Waals surface area contributed by atoms with E-state index < -0.39 is 0 Å². The van der Waals surface area contributed by atoms with Gasteiger partial charge in [0.05, 0.1) is 12.4 Å². The van der Waals surface area contributed by atoms with Gasteiger partial charge in [-0.2, -0.15) is 0 Å². The second-order valence-corrected chi connectivity index (χ2v) is 15.8. The van der Waals surface area contributed by atoms with E-state index in [2.05, 4.69) is 32.9 Å². The zero-order chi connectivity index (χ0) is 30.7. The molecule has 1 aromatic carbocycles. The molecule has 0 spiro atoms. The third-order valence-corrected chi connectivity index (χ3v) is 13.8. The lowest BCUT2D eigenvalue weighted by molar-refractivity contribution is -0.224. The Morgan fingerprint density at radius 1 is 0.953 bits per heavy atom. The molecule has 0 amide bonds. The first-order chi connectivity index (χ1) is 20.4. The third kappa shape index (κ3) is 5.27. The van der Waals surface area contributed by atoms with Crippen molar-refractivity contribution in [2.75, 3.05) is 7.11 Å². The Hall–Kier alpha value is -2.22. The summed E-state index contributed by atoms with van der Waals surface area (Å²) in [4.78, 5) is 39.1. The van der Waals surface area contributed by atoms with Crippen LogP contribution >= 0.6 is 11.8 Å². The molecule has 0 aromatic heterocycles. The average Bonchev–Trinajstić information content (AvgIpc) is 3.30. The minimum absolute atomic E-state index is 0.00868.